The number of ether oxygens (including phenoxy) is 1. The molecule has 3 saturated heterocycles. The Balaban J connectivity index is 1.10. The molecule has 0 saturated carbocycles. The first-order valence-electron chi connectivity index (χ1n) is 17.5. The smallest absolute Gasteiger partial charge is 0.322 e. The van der Waals surface area contributed by atoms with Crippen LogP contribution in [0.5, 0.6) is 5.75 Å². The van der Waals surface area contributed by atoms with Gasteiger partial charge in [0.2, 0.25) is 11.8 Å². The molecule has 4 aliphatic heterocycles. The number of likely N-dealkylation sites (tertiary alicyclic amines) is 2. The van der Waals surface area contributed by atoms with Gasteiger partial charge in [0.25, 0.3) is 0 Å². The van der Waals surface area contributed by atoms with Gasteiger partial charge in [-0.1, -0.05) is 30.3 Å². The number of piperazine rings is 1. The van der Waals surface area contributed by atoms with E-state index in [9.17, 15) is 14.4 Å². The SMILES string of the molecule is COc1c(C)cc(CC(CC(=O)N2CCC(N3Cc4ccccc4NC3=O)CC2)C(=O)N2CCC(N3CCN(C)CC3)CC2)cc1C. The number of carbonyl (C=O) groups is 3. The third-order valence-corrected chi connectivity index (χ3v) is 10.9. The molecular formula is C37H52N6O4. The second kappa shape index (κ2) is 14.6. The summed E-state index contributed by atoms with van der Waals surface area (Å²) in [4.78, 5) is 51.8. The van der Waals surface area contributed by atoms with Crippen LogP contribution in [0.4, 0.5) is 10.5 Å². The molecule has 4 aliphatic rings. The molecule has 0 radical (unpaired) electrons. The Morgan fingerprint density at radius 1 is 0.872 bits per heavy atom. The molecule has 6 rings (SSSR count). The lowest BCUT2D eigenvalue weighted by Crippen LogP contribution is -2.54. The normalized spacial score (nSPS) is 20.9. The van der Waals surface area contributed by atoms with E-state index in [-0.39, 0.29) is 30.3 Å². The standard InChI is InChI=1S/C37H52N6O4/c1-26-21-28(22-27(2)35(26)47-4)23-30(36(45)42-15-9-31(10-16-42)40-19-17-39(3)18-20-40)24-34(44)41-13-11-32(12-14-41)43-25-29-7-5-6-8-33(29)38-37(43)46/h5-8,21-22,30-32H,9-20,23-25H2,1-4H3,(H,38,46). The fourth-order valence-electron chi connectivity index (χ4n) is 8.19. The number of methoxy groups -OCH3 is 1. The van der Waals surface area contributed by atoms with E-state index >= 15 is 0 Å². The quantitative estimate of drug-likeness (QED) is 0.465. The first kappa shape index (κ1) is 33.3. The Bertz CT molecular complexity index is 1420. The van der Waals surface area contributed by atoms with Gasteiger partial charge in [0.15, 0.2) is 0 Å². The number of para-hydroxylation sites is 1. The van der Waals surface area contributed by atoms with Gasteiger partial charge in [-0.2, -0.15) is 0 Å². The number of nitrogens with one attached hydrogen (secondary N) is 1. The molecule has 2 aromatic carbocycles. The number of rotatable bonds is 8. The molecule has 254 valence electrons. The zero-order valence-electron chi connectivity index (χ0n) is 28.7. The minimum Gasteiger partial charge on any atom is -0.496 e. The highest BCUT2D eigenvalue weighted by Crippen LogP contribution is 2.30. The van der Waals surface area contributed by atoms with Crippen molar-refractivity contribution < 1.29 is 19.1 Å². The number of urea groups is 1. The van der Waals surface area contributed by atoms with Gasteiger partial charge in [0, 0.05) is 83.1 Å². The number of hydrogen-bond acceptors (Lipinski definition) is 6. The Kier molecular flexibility index (Phi) is 10.4. The second-order valence-electron chi connectivity index (χ2n) is 14.1. The van der Waals surface area contributed by atoms with Crippen molar-refractivity contribution in [2.75, 3.05) is 71.8 Å². The molecule has 4 heterocycles. The summed E-state index contributed by atoms with van der Waals surface area (Å²) in [5.41, 5.74) is 5.14. The number of aryl methyl sites for hydroxylation is 2. The van der Waals surface area contributed by atoms with Crippen molar-refractivity contribution in [3.8, 4) is 5.75 Å². The molecule has 3 fully saturated rings. The number of benzene rings is 2. The molecule has 0 spiro atoms. The van der Waals surface area contributed by atoms with Crippen molar-refractivity contribution >= 4 is 23.5 Å². The predicted octanol–water partition coefficient (Wildman–Crippen LogP) is 4.14. The lowest BCUT2D eigenvalue weighted by atomic mass is 9.90. The molecular weight excluding hydrogens is 592 g/mol. The van der Waals surface area contributed by atoms with Crippen molar-refractivity contribution in [2.45, 2.75) is 71.0 Å². The van der Waals surface area contributed by atoms with E-state index in [4.69, 9.17) is 4.74 Å². The third-order valence-electron chi connectivity index (χ3n) is 10.9. The third kappa shape index (κ3) is 7.59. The van der Waals surface area contributed by atoms with Crippen LogP contribution in [0.1, 0.15) is 54.4 Å². The number of hydrogen-bond donors (Lipinski definition) is 1. The van der Waals surface area contributed by atoms with Gasteiger partial charge in [-0.3, -0.25) is 14.5 Å². The van der Waals surface area contributed by atoms with Crippen molar-refractivity contribution in [1.82, 2.24) is 24.5 Å². The van der Waals surface area contributed by atoms with Gasteiger partial charge in [-0.25, -0.2) is 4.79 Å². The molecule has 10 nitrogen and oxygen atoms in total. The summed E-state index contributed by atoms with van der Waals surface area (Å²) >= 11 is 0. The maximum absolute atomic E-state index is 14.2. The van der Waals surface area contributed by atoms with Crippen LogP contribution in [-0.4, -0.2) is 121 Å². The van der Waals surface area contributed by atoms with E-state index in [1.165, 1.54) is 0 Å². The fourth-order valence-corrected chi connectivity index (χ4v) is 8.19. The van der Waals surface area contributed by atoms with Gasteiger partial charge in [0.1, 0.15) is 5.75 Å². The van der Waals surface area contributed by atoms with Crippen LogP contribution in [0.3, 0.4) is 0 Å². The molecule has 1 N–H and O–H groups in total. The first-order chi connectivity index (χ1) is 22.7. The van der Waals surface area contributed by atoms with Crippen LogP contribution >= 0.6 is 0 Å². The van der Waals surface area contributed by atoms with Crippen molar-refractivity contribution in [3.05, 3.63) is 58.7 Å². The second-order valence-corrected chi connectivity index (χ2v) is 14.1. The Morgan fingerprint density at radius 3 is 2.15 bits per heavy atom. The summed E-state index contributed by atoms with van der Waals surface area (Å²) in [5.74, 6) is 0.578. The Morgan fingerprint density at radius 2 is 1.49 bits per heavy atom. The number of piperidine rings is 2. The fraction of sp³-hybridized carbons (Fsp3) is 0.595. The van der Waals surface area contributed by atoms with Crippen LogP contribution in [0.15, 0.2) is 36.4 Å². The predicted molar refractivity (Wildman–Crippen MR) is 184 cm³/mol. The van der Waals surface area contributed by atoms with E-state index in [0.29, 0.717) is 32.1 Å². The van der Waals surface area contributed by atoms with Crippen molar-refractivity contribution in [3.63, 3.8) is 0 Å². The van der Waals surface area contributed by atoms with Crippen molar-refractivity contribution in [1.29, 1.82) is 0 Å². The molecule has 1 atom stereocenters. The number of fused-ring (bicyclic) bond motifs is 1. The number of carbonyl (C=O) groups excluding carboxylic acids is 3. The lowest BCUT2D eigenvalue weighted by molar-refractivity contribution is -0.143. The van der Waals surface area contributed by atoms with E-state index in [1.807, 2.05) is 46.7 Å². The van der Waals surface area contributed by atoms with Gasteiger partial charge in [-0.05, 0) is 81.3 Å². The average molecular weight is 645 g/mol. The van der Waals surface area contributed by atoms with Crippen molar-refractivity contribution in [2.24, 2.45) is 5.92 Å². The summed E-state index contributed by atoms with van der Waals surface area (Å²) in [5, 5.41) is 3.02. The van der Waals surface area contributed by atoms with Gasteiger partial charge in [0.05, 0.1) is 13.0 Å². The highest BCUT2D eigenvalue weighted by Gasteiger charge is 2.36. The van der Waals surface area contributed by atoms with Crippen LogP contribution in [0.25, 0.3) is 0 Å². The van der Waals surface area contributed by atoms with Crippen LogP contribution in [0, 0.1) is 19.8 Å². The van der Waals surface area contributed by atoms with Crippen LogP contribution in [0.2, 0.25) is 0 Å². The number of nitrogens with zero attached hydrogens (tertiary/aromatic N) is 5. The Hall–Kier alpha value is -3.63. The molecule has 0 aliphatic carbocycles. The van der Waals surface area contributed by atoms with E-state index in [2.05, 4.69) is 40.4 Å². The Labute approximate surface area is 280 Å². The molecule has 0 aromatic heterocycles. The van der Waals surface area contributed by atoms with Crippen LogP contribution in [-0.2, 0) is 22.6 Å². The van der Waals surface area contributed by atoms with Gasteiger partial charge < -0.3 is 29.7 Å². The summed E-state index contributed by atoms with van der Waals surface area (Å²) in [6.45, 7) is 11.7. The highest BCUT2D eigenvalue weighted by molar-refractivity contribution is 5.92. The van der Waals surface area contributed by atoms with E-state index < -0.39 is 5.92 Å². The number of anilines is 1. The zero-order valence-corrected chi connectivity index (χ0v) is 28.7. The number of amides is 4. The molecule has 1 unspecified atom stereocenters. The lowest BCUT2D eigenvalue weighted by Gasteiger charge is -2.43. The first-order valence-corrected chi connectivity index (χ1v) is 17.5. The minimum atomic E-state index is -0.419. The summed E-state index contributed by atoms with van der Waals surface area (Å²) in [6, 6.07) is 12.7. The number of likely N-dealkylation sites (N-methyl/N-ethyl adjacent to an activating group) is 1. The van der Waals surface area contributed by atoms with Gasteiger partial charge in [-0.15, -0.1) is 0 Å². The summed E-state index contributed by atoms with van der Waals surface area (Å²) < 4.78 is 5.59. The van der Waals surface area contributed by atoms with Gasteiger partial charge >= 0.3 is 6.03 Å². The average Bonchev–Trinajstić information content (AvgIpc) is 3.08. The minimum absolute atomic E-state index is 0.0320. The molecule has 10 heteroatoms. The maximum atomic E-state index is 14.2. The molecule has 2 aromatic rings. The molecule has 0 bridgehead atoms. The monoisotopic (exact) mass is 644 g/mol. The maximum Gasteiger partial charge on any atom is 0.322 e. The summed E-state index contributed by atoms with van der Waals surface area (Å²) in [6.07, 6.45) is 4.16. The van der Waals surface area contributed by atoms with Crippen LogP contribution < -0.4 is 10.1 Å². The topological polar surface area (TPSA) is 88.7 Å². The zero-order chi connectivity index (χ0) is 33.1. The van der Waals surface area contributed by atoms with E-state index in [1.54, 1.807) is 7.11 Å². The molecule has 47 heavy (non-hydrogen) atoms. The molecule has 4 amide bonds. The highest BCUT2D eigenvalue weighted by atomic mass is 16.5. The van der Waals surface area contributed by atoms with E-state index in [0.717, 1.165) is 98.6 Å². The largest absolute Gasteiger partial charge is 0.496 e. The summed E-state index contributed by atoms with van der Waals surface area (Å²) in [7, 11) is 3.87.